The number of rotatable bonds is 6. The summed E-state index contributed by atoms with van der Waals surface area (Å²) < 4.78 is 10.1. The van der Waals surface area contributed by atoms with Crippen LogP contribution in [-0.2, 0) is 0 Å². The Morgan fingerprint density at radius 2 is 2.19 bits per heavy atom. The Morgan fingerprint density at radius 1 is 1.44 bits per heavy atom. The summed E-state index contributed by atoms with van der Waals surface area (Å²) in [6, 6.07) is -0.152. The van der Waals surface area contributed by atoms with Crippen LogP contribution in [0.3, 0.4) is 0 Å². The standard InChI is InChI=1S/C10H17N3O2S/c1-14-8-6-12-9(10(13-8)15-2)7(11)4-5-16-3/h6-7H,4-5,11H2,1-3H3. The van der Waals surface area contributed by atoms with Gasteiger partial charge < -0.3 is 15.2 Å². The molecular weight excluding hydrogens is 226 g/mol. The quantitative estimate of drug-likeness (QED) is 0.810. The number of nitrogens with two attached hydrogens (primary N) is 1. The monoisotopic (exact) mass is 243 g/mol. The van der Waals surface area contributed by atoms with Crippen molar-refractivity contribution in [3.8, 4) is 11.8 Å². The van der Waals surface area contributed by atoms with Crippen molar-refractivity contribution in [3.05, 3.63) is 11.9 Å². The minimum absolute atomic E-state index is 0.152. The van der Waals surface area contributed by atoms with Crippen LogP contribution < -0.4 is 15.2 Å². The Kier molecular flexibility index (Phi) is 5.34. The predicted molar refractivity (Wildman–Crippen MR) is 65.1 cm³/mol. The number of nitrogens with zero attached hydrogens (tertiary/aromatic N) is 2. The van der Waals surface area contributed by atoms with Gasteiger partial charge in [-0.15, -0.1) is 0 Å². The summed E-state index contributed by atoms with van der Waals surface area (Å²) in [6.45, 7) is 0. The Morgan fingerprint density at radius 3 is 2.75 bits per heavy atom. The summed E-state index contributed by atoms with van der Waals surface area (Å²) in [7, 11) is 3.09. The molecule has 90 valence electrons. The number of hydrogen-bond donors (Lipinski definition) is 1. The third-order valence-corrected chi connectivity index (χ3v) is 2.78. The molecule has 0 radical (unpaired) electrons. The molecule has 1 atom stereocenters. The van der Waals surface area contributed by atoms with Gasteiger partial charge in [-0.05, 0) is 18.4 Å². The van der Waals surface area contributed by atoms with Crippen LogP contribution in [0, 0.1) is 0 Å². The lowest BCUT2D eigenvalue weighted by Gasteiger charge is -2.13. The van der Waals surface area contributed by atoms with Crippen molar-refractivity contribution in [1.82, 2.24) is 9.97 Å². The predicted octanol–water partition coefficient (Wildman–Crippen LogP) is 1.25. The lowest BCUT2D eigenvalue weighted by Crippen LogP contribution is -2.15. The molecule has 0 saturated heterocycles. The van der Waals surface area contributed by atoms with Gasteiger partial charge in [0.2, 0.25) is 11.8 Å². The van der Waals surface area contributed by atoms with E-state index < -0.39 is 0 Å². The highest BCUT2D eigenvalue weighted by Crippen LogP contribution is 2.24. The van der Waals surface area contributed by atoms with E-state index in [9.17, 15) is 0 Å². The lowest BCUT2D eigenvalue weighted by molar-refractivity contribution is 0.353. The SMILES string of the molecule is COc1cnc(C(N)CCSC)c(OC)n1. The van der Waals surface area contributed by atoms with Crippen molar-refractivity contribution in [3.63, 3.8) is 0 Å². The van der Waals surface area contributed by atoms with E-state index in [4.69, 9.17) is 15.2 Å². The highest BCUT2D eigenvalue weighted by Gasteiger charge is 2.15. The van der Waals surface area contributed by atoms with Crippen LogP contribution >= 0.6 is 11.8 Å². The first-order valence-corrected chi connectivity index (χ1v) is 6.31. The minimum atomic E-state index is -0.152. The van der Waals surface area contributed by atoms with Gasteiger partial charge in [-0.25, -0.2) is 4.98 Å². The van der Waals surface area contributed by atoms with Gasteiger partial charge in [0.05, 0.1) is 26.5 Å². The normalized spacial score (nSPS) is 12.2. The summed E-state index contributed by atoms with van der Waals surface area (Å²) in [5.74, 6) is 1.85. The molecule has 1 aromatic heterocycles. The zero-order chi connectivity index (χ0) is 12.0. The second-order valence-electron chi connectivity index (χ2n) is 3.19. The van der Waals surface area contributed by atoms with Gasteiger partial charge in [0, 0.05) is 0 Å². The summed E-state index contributed by atoms with van der Waals surface area (Å²) in [5.41, 5.74) is 6.69. The fourth-order valence-electron chi connectivity index (χ4n) is 1.25. The third kappa shape index (κ3) is 3.24. The molecule has 0 spiro atoms. The van der Waals surface area contributed by atoms with Crippen LogP contribution in [0.25, 0.3) is 0 Å². The molecule has 0 fully saturated rings. The Hall–Kier alpha value is -1.01. The lowest BCUT2D eigenvalue weighted by atomic mass is 10.2. The molecule has 2 N–H and O–H groups in total. The molecule has 0 bridgehead atoms. The van der Waals surface area contributed by atoms with E-state index in [1.54, 1.807) is 25.1 Å². The van der Waals surface area contributed by atoms with Gasteiger partial charge in [0.1, 0.15) is 5.69 Å². The second kappa shape index (κ2) is 6.55. The van der Waals surface area contributed by atoms with Crippen molar-refractivity contribution in [2.45, 2.75) is 12.5 Å². The molecule has 0 amide bonds. The van der Waals surface area contributed by atoms with Gasteiger partial charge in [0.15, 0.2) is 0 Å². The molecule has 1 heterocycles. The van der Waals surface area contributed by atoms with Crippen molar-refractivity contribution >= 4 is 11.8 Å². The van der Waals surface area contributed by atoms with Crippen LogP contribution in [0.4, 0.5) is 0 Å². The maximum atomic E-state index is 6.01. The molecule has 0 saturated carbocycles. The smallest absolute Gasteiger partial charge is 0.240 e. The second-order valence-corrected chi connectivity index (χ2v) is 4.18. The van der Waals surface area contributed by atoms with Crippen LogP contribution in [0.5, 0.6) is 11.8 Å². The van der Waals surface area contributed by atoms with Crippen molar-refractivity contribution in [2.75, 3.05) is 26.2 Å². The largest absolute Gasteiger partial charge is 0.480 e. The van der Waals surface area contributed by atoms with Crippen molar-refractivity contribution in [1.29, 1.82) is 0 Å². The van der Waals surface area contributed by atoms with Crippen molar-refractivity contribution in [2.24, 2.45) is 5.73 Å². The van der Waals surface area contributed by atoms with Crippen molar-refractivity contribution < 1.29 is 9.47 Å². The first kappa shape index (κ1) is 13.1. The number of ether oxygens (including phenoxy) is 2. The zero-order valence-corrected chi connectivity index (χ0v) is 10.6. The fourth-order valence-corrected chi connectivity index (χ4v) is 1.74. The number of hydrogen-bond acceptors (Lipinski definition) is 6. The van der Waals surface area contributed by atoms with E-state index in [2.05, 4.69) is 9.97 Å². The maximum absolute atomic E-state index is 6.01. The Balaban J connectivity index is 2.85. The van der Waals surface area contributed by atoms with Gasteiger partial charge >= 0.3 is 0 Å². The Bertz CT molecular complexity index is 336. The molecular formula is C10H17N3O2S. The average molecular weight is 243 g/mol. The molecule has 1 aromatic rings. The van der Waals surface area contributed by atoms with E-state index >= 15 is 0 Å². The molecule has 1 unspecified atom stereocenters. The molecule has 6 heteroatoms. The van der Waals surface area contributed by atoms with Gasteiger partial charge in [-0.1, -0.05) is 0 Å². The molecule has 0 aromatic carbocycles. The summed E-state index contributed by atoms with van der Waals surface area (Å²) in [6.07, 6.45) is 4.44. The van der Waals surface area contributed by atoms with Gasteiger partial charge in [-0.2, -0.15) is 16.7 Å². The van der Waals surface area contributed by atoms with E-state index in [-0.39, 0.29) is 6.04 Å². The zero-order valence-electron chi connectivity index (χ0n) is 9.77. The molecule has 16 heavy (non-hydrogen) atoms. The number of thioether (sulfide) groups is 1. The number of aromatic nitrogens is 2. The molecule has 0 aliphatic rings. The number of methoxy groups -OCH3 is 2. The molecule has 0 aliphatic carbocycles. The molecule has 5 nitrogen and oxygen atoms in total. The summed E-state index contributed by atoms with van der Waals surface area (Å²) in [4.78, 5) is 8.37. The average Bonchev–Trinajstić information content (AvgIpc) is 2.34. The van der Waals surface area contributed by atoms with Crippen LogP contribution in [0.2, 0.25) is 0 Å². The van der Waals surface area contributed by atoms with Crippen LogP contribution in [0.1, 0.15) is 18.2 Å². The first-order chi connectivity index (χ1) is 7.72. The van der Waals surface area contributed by atoms with E-state index in [1.807, 2.05) is 6.26 Å². The highest BCUT2D eigenvalue weighted by molar-refractivity contribution is 7.98. The third-order valence-electron chi connectivity index (χ3n) is 2.13. The topological polar surface area (TPSA) is 70.3 Å². The Labute approximate surface area is 99.8 Å². The van der Waals surface area contributed by atoms with E-state index in [0.717, 1.165) is 12.2 Å². The summed E-state index contributed by atoms with van der Waals surface area (Å²) >= 11 is 1.75. The highest BCUT2D eigenvalue weighted by atomic mass is 32.2. The molecule has 1 rings (SSSR count). The van der Waals surface area contributed by atoms with E-state index in [0.29, 0.717) is 17.5 Å². The fraction of sp³-hybridized carbons (Fsp3) is 0.600. The molecule has 0 aliphatic heterocycles. The van der Waals surface area contributed by atoms with Gasteiger partial charge in [-0.3, -0.25) is 0 Å². The van der Waals surface area contributed by atoms with Crippen LogP contribution in [-0.4, -0.2) is 36.2 Å². The minimum Gasteiger partial charge on any atom is -0.480 e. The van der Waals surface area contributed by atoms with E-state index in [1.165, 1.54) is 7.11 Å². The first-order valence-electron chi connectivity index (χ1n) is 4.92. The van der Waals surface area contributed by atoms with Crippen LogP contribution in [0.15, 0.2) is 6.20 Å². The summed E-state index contributed by atoms with van der Waals surface area (Å²) in [5, 5.41) is 0. The maximum Gasteiger partial charge on any atom is 0.240 e. The van der Waals surface area contributed by atoms with Gasteiger partial charge in [0.25, 0.3) is 0 Å².